The number of aryl methyl sites for hydroxylation is 1. The molecular weight excluding hydrogens is 202 g/mol. The van der Waals surface area contributed by atoms with E-state index in [0.717, 1.165) is 18.5 Å². The van der Waals surface area contributed by atoms with Crippen molar-refractivity contribution in [3.05, 3.63) is 17.0 Å². The monoisotopic (exact) mass is 217 g/mol. The highest BCUT2D eigenvalue weighted by Gasteiger charge is 2.16. The maximum absolute atomic E-state index is 11.2. The number of nitrogens with zero attached hydrogens (tertiary/aromatic N) is 1. The molecule has 1 amide bonds. The lowest BCUT2D eigenvalue weighted by atomic mass is 9.96. The first-order valence-electron chi connectivity index (χ1n) is 5.57. The zero-order valence-electron chi connectivity index (χ0n) is 9.39. The van der Waals surface area contributed by atoms with Crippen LogP contribution >= 0.6 is 0 Å². The predicted molar refractivity (Wildman–Crippen MR) is 60.5 cm³/mol. The van der Waals surface area contributed by atoms with Crippen LogP contribution in [0.2, 0.25) is 0 Å². The van der Waals surface area contributed by atoms with Crippen molar-refractivity contribution in [3.8, 4) is 11.8 Å². The maximum atomic E-state index is 11.2. The molecule has 16 heavy (non-hydrogen) atoms. The first kappa shape index (κ1) is 10.7. The second-order valence-corrected chi connectivity index (χ2v) is 3.89. The largest absolute Gasteiger partial charge is 0.340 e. The number of nitrogens with one attached hydrogen (secondary N) is 2. The Hall–Kier alpha value is -1.76. The molecule has 0 saturated carbocycles. The summed E-state index contributed by atoms with van der Waals surface area (Å²) in [6, 6.07) is 0. The van der Waals surface area contributed by atoms with Gasteiger partial charge in [0.15, 0.2) is 0 Å². The van der Waals surface area contributed by atoms with Gasteiger partial charge in [0.25, 0.3) is 5.91 Å². The van der Waals surface area contributed by atoms with Gasteiger partial charge in [-0.15, -0.1) is 0 Å². The van der Waals surface area contributed by atoms with Gasteiger partial charge < -0.3 is 5.32 Å². The number of hydrogen-bond donors (Lipinski definition) is 2. The molecule has 0 saturated heterocycles. The number of rotatable bonds is 2. The van der Waals surface area contributed by atoms with E-state index in [1.165, 1.54) is 24.1 Å². The lowest BCUT2D eigenvalue weighted by molar-refractivity contribution is -0.115. The molecule has 2 rings (SSSR count). The molecule has 4 nitrogen and oxygen atoms in total. The number of aromatic amines is 1. The number of carbonyl (C=O) groups is 1. The fourth-order valence-electron chi connectivity index (χ4n) is 2.02. The van der Waals surface area contributed by atoms with E-state index in [0.29, 0.717) is 6.54 Å². The van der Waals surface area contributed by atoms with Gasteiger partial charge in [0, 0.05) is 5.69 Å². The van der Waals surface area contributed by atoms with Crippen LogP contribution in [0.1, 0.15) is 36.7 Å². The predicted octanol–water partition coefficient (Wildman–Crippen LogP) is 0.928. The Morgan fingerprint density at radius 3 is 3.12 bits per heavy atom. The van der Waals surface area contributed by atoms with Crippen LogP contribution in [0.4, 0.5) is 0 Å². The molecule has 1 aliphatic rings. The highest BCUT2D eigenvalue weighted by molar-refractivity contribution is 5.93. The third-order valence-corrected chi connectivity index (χ3v) is 2.80. The van der Waals surface area contributed by atoms with Crippen LogP contribution in [0.15, 0.2) is 0 Å². The van der Waals surface area contributed by atoms with Gasteiger partial charge in [0.05, 0.1) is 12.2 Å². The third kappa shape index (κ3) is 2.25. The fourth-order valence-corrected chi connectivity index (χ4v) is 2.02. The molecule has 84 valence electrons. The van der Waals surface area contributed by atoms with E-state index in [2.05, 4.69) is 27.4 Å². The van der Waals surface area contributed by atoms with Crippen LogP contribution in [0, 0.1) is 11.8 Å². The van der Waals surface area contributed by atoms with Gasteiger partial charge >= 0.3 is 0 Å². The summed E-state index contributed by atoms with van der Waals surface area (Å²) >= 11 is 0. The Balaban J connectivity index is 2.01. The quantitative estimate of drug-likeness (QED) is 0.724. The van der Waals surface area contributed by atoms with Crippen molar-refractivity contribution in [2.45, 2.75) is 39.2 Å². The van der Waals surface area contributed by atoms with E-state index >= 15 is 0 Å². The number of amides is 1. The Bertz CT molecular complexity index is 451. The summed E-state index contributed by atoms with van der Waals surface area (Å²) in [6.07, 6.45) is 4.58. The molecule has 0 bridgehead atoms. The van der Waals surface area contributed by atoms with Gasteiger partial charge in [-0.1, -0.05) is 5.92 Å². The lowest BCUT2D eigenvalue weighted by Gasteiger charge is -2.10. The Kier molecular flexibility index (Phi) is 3.25. The summed E-state index contributed by atoms with van der Waals surface area (Å²) in [4.78, 5) is 11.2. The molecule has 4 heteroatoms. The molecule has 0 aliphatic heterocycles. The SMILES string of the molecule is CC#CC(=O)NCc1n[nH]c2c1CCCC2. The molecule has 0 aromatic carbocycles. The van der Waals surface area contributed by atoms with Crippen LogP contribution in [-0.4, -0.2) is 16.1 Å². The molecule has 2 N–H and O–H groups in total. The van der Waals surface area contributed by atoms with Gasteiger partial charge in [0.2, 0.25) is 0 Å². The third-order valence-electron chi connectivity index (χ3n) is 2.80. The van der Waals surface area contributed by atoms with Crippen molar-refractivity contribution >= 4 is 5.91 Å². The molecule has 1 aromatic rings. The molecule has 0 unspecified atom stereocenters. The number of H-pyrrole nitrogens is 1. The molecule has 0 radical (unpaired) electrons. The smallest absolute Gasteiger partial charge is 0.296 e. The van der Waals surface area contributed by atoms with Crippen LogP contribution in [0.5, 0.6) is 0 Å². The van der Waals surface area contributed by atoms with E-state index in [-0.39, 0.29) is 5.91 Å². The molecule has 0 spiro atoms. The summed E-state index contributed by atoms with van der Waals surface area (Å²) in [5.41, 5.74) is 3.48. The van der Waals surface area contributed by atoms with Crippen LogP contribution < -0.4 is 5.32 Å². The van der Waals surface area contributed by atoms with Crippen LogP contribution in [0.25, 0.3) is 0 Å². The van der Waals surface area contributed by atoms with E-state index in [1.807, 2.05) is 0 Å². The highest BCUT2D eigenvalue weighted by Crippen LogP contribution is 2.21. The standard InChI is InChI=1S/C12H15N3O/c1-2-5-12(16)13-8-11-9-6-3-4-7-10(9)14-15-11/h3-4,6-8H2,1H3,(H,13,16)(H,14,15). The first-order valence-corrected chi connectivity index (χ1v) is 5.57. The molecule has 1 aromatic heterocycles. The zero-order chi connectivity index (χ0) is 11.4. The van der Waals surface area contributed by atoms with E-state index in [4.69, 9.17) is 0 Å². The molecule has 0 fully saturated rings. The normalized spacial score (nSPS) is 13.6. The van der Waals surface area contributed by atoms with Crippen molar-refractivity contribution in [1.82, 2.24) is 15.5 Å². The van der Waals surface area contributed by atoms with Gasteiger partial charge in [-0.05, 0) is 44.1 Å². The molecule has 1 aliphatic carbocycles. The minimum atomic E-state index is -0.241. The second kappa shape index (κ2) is 4.84. The maximum Gasteiger partial charge on any atom is 0.296 e. The Morgan fingerprint density at radius 2 is 2.31 bits per heavy atom. The molecular formula is C12H15N3O. The van der Waals surface area contributed by atoms with E-state index < -0.39 is 0 Å². The average molecular weight is 217 g/mol. The second-order valence-electron chi connectivity index (χ2n) is 3.89. The van der Waals surface area contributed by atoms with Crippen LogP contribution in [-0.2, 0) is 24.2 Å². The lowest BCUT2D eigenvalue weighted by Crippen LogP contribution is -2.21. The minimum absolute atomic E-state index is 0.241. The van der Waals surface area contributed by atoms with Crippen molar-refractivity contribution in [3.63, 3.8) is 0 Å². The summed E-state index contributed by atoms with van der Waals surface area (Å²) < 4.78 is 0. The Labute approximate surface area is 94.8 Å². The summed E-state index contributed by atoms with van der Waals surface area (Å²) in [7, 11) is 0. The summed E-state index contributed by atoms with van der Waals surface area (Å²) in [6.45, 7) is 2.12. The number of aromatic nitrogens is 2. The van der Waals surface area contributed by atoms with E-state index in [9.17, 15) is 4.79 Å². The molecule has 0 atom stereocenters. The summed E-state index contributed by atoms with van der Waals surface area (Å²) in [5, 5.41) is 10.0. The highest BCUT2D eigenvalue weighted by atomic mass is 16.1. The summed E-state index contributed by atoms with van der Waals surface area (Å²) in [5.74, 6) is 4.78. The zero-order valence-corrected chi connectivity index (χ0v) is 9.39. The van der Waals surface area contributed by atoms with Crippen LogP contribution in [0.3, 0.4) is 0 Å². The fraction of sp³-hybridized carbons (Fsp3) is 0.500. The van der Waals surface area contributed by atoms with Crippen molar-refractivity contribution in [2.24, 2.45) is 0 Å². The van der Waals surface area contributed by atoms with Crippen molar-refractivity contribution < 1.29 is 4.79 Å². The number of hydrogen-bond acceptors (Lipinski definition) is 2. The van der Waals surface area contributed by atoms with Crippen molar-refractivity contribution in [1.29, 1.82) is 0 Å². The van der Waals surface area contributed by atoms with Gasteiger partial charge in [-0.3, -0.25) is 9.89 Å². The van der Waals surface area contributed by atoms with E-state index in [1.54, 1.807) is 6.92 Å². The Morgan fingerprint density at radius 1 is 1.50 bits per heavy atom. The number of fused-ring (bicyclic) bond motifs is 1. The number of carbonyl (C=O) groups excluding carboxylic acids is 1. The minimum Gasteiger partial charge on any atom is -0.340 e. The van der Waals surface area contributed by atoms with Gasteiger partial charge in [-0.2, -0.15) is 5.10 Å². The average Bonchev–Trinajstić information content (AvgIpc) is 2.70. The topological polar surface area (TPSA) is 57.8 Å². The first-order chi connectivity index (χ1) is 7.81. The van der Waals surface area contributed by atoms with Gasteiger partial charge in [-0.25, -0.2) is 0 Å². The van der Waals surface area contributed by atoms with Crippen molar-refractivity contribution in [2.75, 3.05) is 0 Å². The molecule has 1 heterocycles. The van der Waals surface area contributed by atoms with Gasteiger partial charge in [0.1, 0.15) is 0 Å².